The molecule has 9 N–H and O–H groups in total. The number of para-hydroxylation sites is 4. The number of amides is 1. The van der Waals surface area contributed by atoms with Crippen LogP contribution >= 0.6 is 46.4 Å². The molecule has 20 aromatic rings. The van der Waals surface area contributed by atoms with E-state index in [9.17, 15) is 28.8 Å². The Bertz CT molecular complexity index is 7750. The summed E-state index contributed by atoms with van der Waals surface area (Å²) in [6.45, 7) is 13.4. The molecule has 129 heavy (non-hydrogen) atoms. The minimum atomic E-state index is -0.359. The van der Waals surface area contributed by atoms with Gasteiger partial charge in [-0.15, -0.1) is 0 Å². The highest BCUT2D eigenvalue weighted by atomic mass is 35.5. The van der Waals surface area contributed by atoms with Crippen LogP contribution in [0.5, 0.6) is 0 Å². The lowest BCUT2D eigenvalue weighted by Gasteiger charge is -2.22. The van der Waals surface area contributed by atoms with Gasteiger partial charge in [0.1, 0.15) is 71.2 Å². The van der Waals surface area contributed by atoms with Crippen molar-refractivity contribution in [2.75, 3.05) is 28.3 Å². The summed E-state index contributed by atoms with van der Waals surface area (Å²) in [6, 6.07) is 66.6. The molecule has 27 nitrogen and oxygen atoms in total. The number of H-pyrrole nitrogens is 4. The predicted octanol–water partition coefficient (Wildman–Crippen LogP) is 20.5. The van der Waals surface area contributed by atoms with E-state index in [0.717, 1.165) is 112 Å². The summed E-state index contributed by atoms with van der Waals surface area (Å²) < 4.78 is 6.75. The highest BCUT2D eigenvalue weighted by Crippen LogP contribution is 2.37. The Morgan fingerprint density at radius 2 is 0.566 bits per heavy atom. The molecule has 31 heteroatoms. The van der Waals surface area contributed by atoms with Crippen molar-refractivity contribution in [3.63, 3.8) is 0 Å². The molecule has 0 aliphatic carbocycles. The maximum atomic E-state index is 13.6. The molecule has 0 fully saturated rings. The van der Waals surface area contributed by atoms with Gasteiger partial charge < -0.3 is 46.5 Å². The van der Waals surface area contributed by atoms with E-state index in [1.165, 1.54) is 32.2 Å². The number of anilines is 4. The van der Waals surface area contributed by atoms with Crippen LogP contribution < -0.4 is 48.8 Å². The zero-order valence-corrected chi connectivity index (χ0v) is 73.6. The fourth-order valence-corrected chi connectivity index (χ4v) is 17.4. The van der Waals surface area contributed by atoms with Crippen LogP contribution in [0, 0.1) is 13.8 Å². The lowest BCUT2D eigenvalue weighted by atomic mass is 10.1. The monoisotopic (exact) mass is 1790 g/mol. The number of Topliss-reactive ketones (excluding diaryl/α,β-unsaturated/α-hetero) is 1. The Labute approximate surface area is 755 Å². The maximum absolute atomic E-state index is 13.6. The number of benzene rings is 8. The summed E-state index contributed by atoms with van der Waals surface area (Å²) in [6.07, 6.45) is 13.0. The van der Waals surface area contributed by atoms with Crippen LogP contribution in [0.4, 0.5) is 23.3 Å². The van der Waals surface area contributed by atoms with Gasteiger partial charge in [-0.25, -0.2) is 39.9 Å². The van der Waals surface area contributed by atoms with Crippen molar-refractivity contribution in [1.29, 1.82) is 0 Å². The van der Waals surface area contributed by atoms with Crippen molar-refractivity contribution in [1.82, 2.24) is 83.4 Å². The first-order valence-electron chi connectivity index (χ1n) is 41.1. The standard InChI is InChI=1S/C25H21ClN6O2.C25H20ClN5O2.2C24H20ClN5O/c1-14(31-23-21-17(24(33)27-2)12-28-22(21)29-13-30-23)19-11-15-7-6-10-18(26)20(15)25(34)32(19)16-8-4-3-5-9-16;1-14(30-24-22-18(15(2)32)12-27-23(22)28-13-29-24)20-11-16-7-6-10-19(26)21(16)25(33)31(20)17-8-4-3-5-9-17;2*1-14-12-26-22-20(14)23(28-13-27-22)29-15(2)19-11-16-7-6-10-18(25)21(16)24(31)30(19)17-8-4-3-5-9-17/h3-14H,1-2H3,(H,27,33)(H2,28,29,30,31);3-14H,1-2H3,(H2,27,28,29,30);2*3-13,15H,1-2H3,(H2,26,27,28,29)/t2*14-;2*15-/m0000/s1. The normalized spacial score (nSPS) is 12.2. The van der Waals surface area contributed by atoms with Crippen LogP contribution in [0.15, 0.2) is 288 Å². The van der Waals surface area contributed by atoms with Crippen molar-refractivity contribution >= 4 is 169 Å². The van der Waals surface area contributed by atoms with Gasteiger partial charge in [-0.3, -0.25) is 47.0 Å². The smallest absolute Gasteiger partial charge is 0.264 e. The van der Waals surface area contributed by atoms with E-state index in [0.29, 0.717) is 86.5 Å². The Kier molecular flexibility index (Phi) is 24.4. The van der Waals surface area contributed by atoms with Crippen LogP contribution in [0.3, 0.4) is 0 Å². The molecule has 0 bridgehead atoms. The molecular formula is C98H81Cl4N21O6. The van der Waals surface area contributed by atoms with Crippen LogP contribution in [0.1, 0.15) is 113 Å². The fourth-order valence-electron chi connectivity index (χ4n) is 16.3. The number of aromatic amines is 4. The Morgan fingerprint density at radius 1 is 0.318 bits per heavy atom. The number of aromatic nitrogens is 16. The molecule has 0 unspecified atom stereocenters. The highest BCUT2D eigenvalue weighted by molar-refractivity contribution is 6.37. The molecule has 642 valence electrons. The number of pyridine rings is 4. The van der Waals surface area contributed by atoms with Gasteiger partial charge in [0.2, 0.25) is 0 Å². The zero-order chi connectivity index (χ0) is 90.0. The molecule has 1 amide bonds. The van der Waals surface area contributed by atoms with Crippen LogP contribution in [-0.2, 0) is 0 Å². The molecular weight excluding hydrogens is 1710 g/mol. The second-order valence-corrected chi connectivity index (χ2v) is 32.4. The molecule has 4 atom stereocenters. The first-order valence-corrected chi connectivity index (χ1v) is 42.6. The Balaban J connectivity index is 0.000000121. The van der Waals surface area contributed by atoms with Crippen LogP contribution in [-0.4, -0.2) is 96.8 Å². The summed E-state index contributed by atoms with van der Waals surface area (Å²) in [7, 11) is 1.57. The summed E-state index contributed by atoms with van der Waals surface area (Å²) in [4.78, 5) is 126. The lowest BCUT2D eigenvalue weighted by molar-refractivity contribution is 0.0963. The maximum Gasteiger partial charge on any atom is 0.264 e. The highest BCUT2D eigenvalue weighted by Gasteiger charge is 2.27. The van der Waals surface area contributed by atoms with Crippen molar-refractivity contribution in [2.24, 2.45) is 0 Å². The summed E-state index contributed by atoms with van der Waals surface area (Å²) in [5.41, 5.74) is 11.1. The average molecular weight is 1790 g/mol. The van der Waals surface area contributed by atoms with Gasteiger partial charge in [0, 0.05) is 82.9 Å². The van der Waals surface area contributed by atoms with E-state index in [1.807, 2.05) is 248 Å². The van der Waals surface area contributed by atoms with E-state index in [1.54, 1.807) is 62.0 Å². The average Bonchev–Trinajstić information content (AvgIpc) is 1.42. The lowest BCUT2D eigenvalue weighted by Crippen LogP contribution is -2.26. The number of aryl methyl sites for hydroxylation is 2. The molecule has 12 aromatic heterocycles. The quantitative estimate of drug-likeness (QED) is 0.0360. The summed E-state index contributed by atoms with van der Waals surface area (Å²) in [5.74, 6) is 2.09. The van der Waals surface area contributed by atoms with E-state index < -0.39 is 0 Å². The molecule has 0 spiro atoms. The second-order valence-electron chi connectivity index (χ2n) is 30.7. The SMILES string of the molecule is CC(=O)c1c[nH]c2ncnc(N[C@@H](C)c3cc4cccc(Cl)c4c(=O)n3-c3ccccc3)c12.CNC(=O)c1c[nH]c2ncnc(N[C@@H](C)c3cc4cccc(Cl)c4c(=O)n3-c3ccccc3)c12.Cc1c[nH]c2ncnc(N[C@@H](C)c3cc4cccc(Cl)c4c(=O)n3-c3ccccc3)c12.Cc1c[nH]c2ncnc(N[C@@H](C)c3cc4cccc(Cl)c4c(=O)n3-c3ccccc3)c12. The zero-order valence-electron chi connectivity index (χ0n) is 70.5. The molecule has 8 aromatic carbocycles. The fraction of sp³-hybridized carbons (Fsp3) is 0.122. The first-order chi connectivity index (χ1) is 62.5. The minimum Gasteiger partial charge on any atom is -0.361 e. The van der Waals surface area contributed by atoms with Crippen molar-refractivity contribution in [3.8, 4) is 22.7 Å². The molecule has 0 radical (unpaired) electrons. The van der Waals surface area contributed by atoms with Gasteiger partial charge in [0.15, 0.2) is 5.78 Å². The van der Waals surface area contributed by atoms with E-state index >= 15 is 0 Å². The number of ketones is 1. The number of halogens is 4. The third-order valence-electron chi connectivity index (χ3n) is 22.5. The van der Waals surface area contributed by atoms with Gasteiger partial charge in [-0.05, 0) is 178 Å². The molecule has 0 aliphatic rings. The van der Waals surface area contributed by atoms with Gasteiger partial charge in [-0.2, -0.15) is 0 Å². The Morgan fingerprint density at radius 3 is 0.837 bits per heavy atom. The topological polar surface area (TPSA) is 349 Å². The van der Waals surface area contributed by atoms with Crippen molar-refractivity contribution in [3.05, 3.63) is 375 Å². The van der Waals surface area contributed by atoms with E-state index in [4.69, 9.17) is 46.4 Å². The number of fused-ring (bicyclic) bond motifs is 8. The van der Waals surface area contributed by atoms with Gasteiger partial charge >= 0.3 is 0 Å². The number of hydrogen-bond acceptors (Lipinski definition) is 18. The third-order valence-corrected chi connectivity index (χ3v) is 23.7. The first kappa shape index (κ1) is 85.7. The molecule has 12 heterocycles. The largest absolute Gasteiger partial charge is 0.361 e. The minimum absolute atomic E-state index is 0.0895. The predicted molar refractivity (Wildman–Crippen MR) is 515 cm³/mol. The number of rotatable bonds is 18. The molecule has 20 rings (SSSR count). The number of carbonyl (C=O) groups excluding carboxylic acids is 2. The van der Waals surface area contributed by atoms with Crippen molar-refractivity contribution in [2.45, 2.75) is 72.6 Å². The molecule has 0 aliphatic heterocycles. The van der Waals surface area contributed by atoms with Gasteiger partial charge in [0.25, 0.3) is 28.1 Å². The number of nitrogens with zero attached hydrogens (tertiary/aromatic N) is 12. The third kappa shape index (κ3) is 16.8. The second kappa shape index (κ2) is 36.6. The number of nitrogens with one attached hydrogen (secondary N) is 9. The summed E-state index contributed by atoms with van der Waals surface area (Å²) in [5, 5.41) is 26.2. The number of hydrogen-bond donors (Lipinski definition) is 9. The van der Waals surface area contributed by atoms with Crippen LogP contribution in [0.2, 0.25) is 20.1 Å². The van der Waals surface area contributed by atoms with Gasteiger partial charge in [-0.1, -0.05) is 168 Å². The van der Waals surface area contributed by atoms with Crippen LogP contribution in [0.25, 0.3) is 110 Å². The summed E-state index contributed by atoms with van der Waals surface area (Å²) >= 11 is 25.6. The van der Waals surface area contributed by atoms with E-state index in [-0.39, 0.29) is 58.1 Å². The number of carbonyl (C=O) groups is 2. The van der Waals surface area contributed by atoms with E-state index in [2.05, 4.69) is 86.4 Å². The van der Waals surface area contributed by atoms with Crippen molar-refractivity contribution < 1.29 is 9.59 Å². The molecule has 0 saturated heterocycles. The molecule has 0 saturated carbocycles. The van der Waals surface area contributed by atoms with Gasteiger partial charge in [0.05, 0.1) is 92.9 Å². The Hall–Kier alpha value is -15.4.